The van der Waals surface area contributed by atoms with Crippen LogP contribution < -0.4 is 5.73 Å². The van der Waals surface area contributed by atoms with Gasteiger partial charge in [0, 0.05) is 10.5 Å². The Kier molecular flexibility index (Phi) is 5.35. The second kappa shape index (κ2) is 6.55. The second-order valence-electron chi connectivity index (χ2n) is 4.47. The zero-order chi connectivity index (χ0) is 12.8. The molecule has 0 fully saturated rings. The lowest BCUT2D eigenvalue weighted by atomic mass is 10.1. The van der Waals surface area contributed by atoms with Gasteiger partial charge in [0.15, 0.2) is 5.84 Å². The molecule has 0 aliphatic carbocycles. The number of oxime groups is 1. The third kappa shape index (κ3) is 3.97. The van der Waals surface area contributed by atoms with Crippen LogP contribution in [-0.2, 0) is 0 Å². The fourth-order valence-electron chi connectivity index (χ4n) is 1.50. The van der Waals surface area contributed by atoms with Crippen molar-refractivity contribution >= 4 is 17.6 Å². The van der Waals surface area contributed by atoms with Crippen molar-refractivity contribution < 1.29 is 5.21 Å². The van der Waals surface area contributed by atoms with E-state index in [1.54, 1.807) is 11.8 Å². The van der Waals surface area contributed by atoms with E-state index in [-0.39, 0.29) is 5.84 Å². The number of benzene rings is 1. The van der Waals surface area contributed by atoms with Crippen LogP contribution in [0.3, 0.4) is 0 Å². The Hall–Kier alpha value is -1.16. The molecule has 0 heterocycles. The predicted molar refractivity (Wildman–Crippen MR) is 73.9 cm³/mol. The molecule has 1 rings (SSSR count). The lowest BCUT2D eigenvalue weighted by Crippen LogP contribution is -2.14. The molecule has 0 radical (unpaired) electrons. The van der Waals surface area contributed by atoms with Gasteiger partial charge in [-0.3, -0.25) is 0 Å². The van der Waals surface area contributed by atoms with Gasteiger partial charge < -0.3 is 10.9 Å². The monoisotopic (exact) mass is 252 g/mol. The van der Waals surface area contributed by atoms with Crippen molar-refractivity contribution in [3.8, 4) is 0 Å². The Labute approximate surface area is 107 Å². The van der Waals surface area contributed by atoms with Gasteiger partial charge in [-0.2, -0.15) is 0 Å². The van der Waals surface area contributed by atoms with E-state index in [1.807, 2.05) is 25.1 Å². The summed E-state index contributed by atoms with van der Waals surface area (Å²) in [5, 5.41) is 11.9. The smallest absolute Gasteiger partial charge is 0.171 e. The average Bonchev–Trinajstić information content (AvgIpc) is 2.29. The lowest BCUT2D eigenvalue weighted by Gasteiger charge is -2.11. The van der Waals surface area contributed by atoms with Crippen LogP contribution in [0, 0.1) is 12.8 Å². The Morgan fingerprint density at radius 1 is 1.47 bits per heavy atom. The number of rotatable bonds is 5. The van der Waals surface area contributed by atoms with Gasteiger partial charge in [0.1, 0.15) is 0 Å². The molecule has 94 valence electrons. The number of nitrogens with two attached hydrogens (primary N) is 1. The molecule has 17 heavy (non-hydrogen) atoms. The molecule has 0 saturated heterocycles. The van der Waals surface area contributed by atoms with Crippen LogP contribution >= 0.6 is 11.8 Å². The molecule has 0 spiro atoms. The summed E-state index contributed by atoms with van der Waals surface area (Å²) in [6.45, 7) is 6.47. The van der Waals surface area contributed by atoms with Crippen LogP contribution in [-0.4, -0.2) is 16.8 Å². The zero-order valence-corrected chi connectivity index (χ0v) is 11.4. The summed E-state index contributed by atoms with van der Waals surface area (Å²) >= 11 is 1.77. The van der Waals surface area contributed by atoms with Crippen LogP contribution in [0.5, 0.6) is 0 Å². The van der Waals surface area contributed by atoms with Crippen LogP contribution in [0.15, 0.2) is 28.3 Å². The fraction of sp³-hybridized carbons (Fsp3) is 0.462. The van der Waals surface area contributed by atoms with E-state index in [2.05, 4.69) is 19.0 Å². The third-order valence-corrected chi connectivity index (χ3v) is 3.81. The summed E-state index contributed by atoms with van der Waals surface area (Å²) in [4.78, 5) is 1.11. The summed E-state index contributed by atoms with van der Waals surface area (Å²) in [7, 11) is 0. The summed E-state index contributed by atoms with van der Waals surface area (Å²) in [6.07, 6.45) is 1.16. The number of nitrogens with zero attached hydrogens (tertiary/aromatic N) is 1. The molecule has 4 heteroatoms. The fourth-order valence-corrected chi connectivity index (χ4v) is 2.91. The topological polar surface area (TPSA) is 58.6 Å². The first-order valence-electron chi connectivity index (χ1n) is 5.76. The van der Waals surface area contributed by atoms with Gasteiger partial charge >= 0.3 is 0 Å². The Bertz CT molecular complexity index is 402. The largest absolute Gasteiger partial charge is 0.409 e. The van der Waals surface area contributed by atoms with Crippen molar-refractivity contribution in [2.45, 2.75) is 32.1 Å². The van der Waals surface area contributed by atoms with Gasteiger partial charge in [-0.05, 0) is 30.6 Å². The first-order valence-corrected chi connectivity index (χ1v) is 6.75. The number of hydrogen-bond donors (Lipinski definition) is 2. The van der Waals surface area contributed by atoms with Gasteiger partial charge in [0.05, 0.1) is 0 Å². The maximum Gasteiger partial charge on any atom is 0.171 e. The summed E-state index contributed by atoms with van der Waals surface area (Å²) < 4.78 is 0. The predicted octanol–water partition coefficient (Wildman–Crippen LogP) is 3.23. The average molecular weight is 252 g/mol. The minimum absolute atomic E-state index is 0.181. The summed E-state index contributed by atoms with van der Waals surface area (Å²) in [5.41, 5.74) is 7.67. The highest BCUT2D eigenvalue weighted by Crippen LogP contribution is 2.28. The van der Waals surface area contributed by atoms with E-state index >= 15 is 0 Å². The first kappa shape index (κ1) is 13.9. The summed E-state index contributed by atoms with van der Waals surface area (Å²) in [6, 6.07) is 5.86. The Balaban J connectivity index is 2.88. The molecule has 3 N–H and O–H groups in total. The third-order valence-electron chi connectivity index (χ3n) is 2.54. The molecule has 0 aromatic heterocycles. The molecule has 1 aromatic rings. The van der Waals surface area contributed by atoms with Crippen LogP contribution in [0.2, 0.25) is 0 Å². The van der Waals surface area contributed by atoms with Crippen LogP contribution in [0.1, 0.15) is 31.4 Å². The zero-order valence-electron chi connectivity index (χ0n) is 10.6. The number of thioether (sulfide) groups is 1. The molecule has 0 aliphatic heterocycles. The lowest BCUT2D eigenvalue weighted by molar-refractivity contribution is 0.318. The summed E-state index contributed by atoms with van der Waals surface area (Å²) in [5.74, 6) is 1.92. The van der Waals surface area contributed by atoms with Crippen molar-refractivity contribution in [3.63, 3.8) is 0 Å². The molecule has 1 aromatic carbocycles. The minimum atomic E-state index is 0.181. The van der Waals surface area contributed by atoms with E-state index < -0.39 is 0 Å². The Morgan fingerprint density at radius 3 is 2.76 bits per heavy atom. The standard InChI is InChI=1S/C13H20N2OS/c1-9(2)7-8-17-12-10(3)5-4-6-11(12)13(14)15-16/h4-6,9,16H,7-8H2,1-3H3,(H2,14,15). The molecular weight excluding hydrogens is 232 g/mol. The normalized spacial score (nSPS) is 12.1. The van der Waals surface area contributed by atoms with Gasteiger partial charge in [0.25, 0.3) is 0 Å². The van der Waals surface area contributed by atoms with E-state index in [1.165, 1.54) is 5.56 Å². The van der Waals surface area contributed by atoms with E-state index in [4.69, 9.17) is 10.9 Å². The number of hydrogen-bond acceptors (Lipinski definition) is 3. The minimum Gasteiger partial charge on any atom is -0.409 e. The van der Waals surface area contributed by atoms with Crippen molar-refractivity contribution in [3.05, 3.63) is 29.3 Å². The molecule has 0 bridgehead atoms. The van der Waals surface area contributed by atoms with Crippen molar-refractivity contribution in [1.82, 2.24) is 0 Å². The number of aryl methyl sites for hydroxylation is 1. The van der Waals surface area contributed by atoms with Crippen LogP contribution in [0.25, 0.3) is 0 Å². The van der Waals surface area contributed by atoms with Gasteiger partial charge in [0.2, 0.25) is 0 Å². The van der Waals surface area contributed by atoms with E-state index in [9.17, 15) is 0 Å². The molecule has 0 amide bonds. The van der Waals surface area contributed by atoms with Crippen LogP contribution in [0.4, 0.5) is 0 Å². The molecule has 0 aliphatic rings. The Morgan fingerprint density at radius 2 is 2.18 bits per heavy atom. The quantitative estimate of drug-likeness (QED) is 0.278. The van der Waals surface area contributed by atoms with Crippen molar-refractivity contribution in [2.24, 2.45) is 16.8 Å². The SMILES string of the molecule is Cc1cccc(/C(N)=N/O)c1SCCC(C)C. The highest BCUT2D eigenvalue weighted by molar-refractivity contribution is 7.99. The van der Waals surface area contributed by atoms with E-state index in [0.717, 1.165) is 22.6 Å². The second-order valence-corrected chi connectivity index (χ2v) is 5.57. The maximum absolute atomic E-state index is 8.77. The molecule has 0 atom stereocenters. The highest BCUT2D eigenvalue weighted by atomic mass is 32.2. The van der Waals surface area contributed by atoms with Gasteiger partial charge in [-0.15, -0.1) is 11.8 Å². The molecule has 0 saturated carbocycles. The molecule has 3 nitrogen and oxygen atoms in total. The molecular formula is C13H20N2OS. The van der Waals surface area contributed by atoms with Crippen molar-refractivity contribution in [1.29, 1.82) is 0 Å². The van der Waals surface area contributed by atoms with E-state index in [0.29, 0.717) is 5.92 Å². The van der Waals surface area contributed by atoms with Gasteiger partial charge in [-0.1, -0.05) is 37.2 Å². The van der Waals surface area contributed by atoms with Gasteiger partial charge in [-0.25, -0.2) is 0 Å². The molecule has 0 unspecified atom stereocenters. The number of amidine groups is 1. The van der Waals surface area contributed by atoms with Crippen molar-refractivity contribution in [2.75, 3.05) is 5.75 Å². The highest BCUT2D eigenvalue weighted by Gasteiger charge is 2.10. The maximum atomic E-state index is 8.77. The first-order chi connectivity index (χ1) is 8.06.